The number of carbonyl (C=O) groups is 1. The van der Waals surface area contributed by atoms with Crippen LogP contribution in [-0.4, -0.2) is 25.8 Å². The van der Waals surface area contributed by atoms with Crippen molar-refractivity contribution in [3.63, 3.8) is 0 Å². The summed E-state index contributed by atoms with van der Waals surface area (Å²) < 4.78 is 0. The second-order valence-corrected chi connectivity index (χ2v) is 6.99. The van der Waals surface area contributed by atoms with Crippen LogP contribution in [-0.2, 0) is 4.79 Å². The topological polar surface area (TPSA) is 71.9 Å². The molecule has 0 radical (unpaired) electrons. The van der Waals surface area contributed by atoms with Crippen LogP contribution in [0.4, 0.5) is 5.69 Å². The minimum Gasteiger partial charge on any atom is -0.281 e. The molecule has 1 amide bonds. The van der Waals surface area contributed by atoms with Gasteiger partial charge in [-0.25, -0.2) is 19.9 Å². The van der Waals surface area contributed by atoms with Crippen LogP contribution in [0.1, 0.15) is 31.7 Å². The number of aryl methyl sites for hydroxylation is 1. The van der Waals surface area contributed by atoms with Crippen molar-refractivity contribution in [1.82, 2.24) is 19.9 Å². The quantitative estimate of drug-likeness (QED) is 0.845. The van der Waals surface area contributed by atoms with Crippen LogP contribution >= 0.6 is 0 Å². The first-order chi connectivity index (χ1) is 12.0. The maximum Gasteiger partial charge on any atom is 0.237 e. The van der Waals surface area contributed by atoms with Crippen molar-refractivity contribution in [3.05, 3.63) is 60.4 Å². The molecule has 1 fully saturated rings. The average Bonchev–Trinajstić information content (AvgIpc) is 2.82. The van der Waals surface area contributed by atoms with Gasteiger partial charge in [-0.05, 0) is 25.0 Å². The lowest BCUT2D eigenvalue weighted by molar-refractivity contribution is -0.125. The van der Waals surface area contributed by atoms with Gasteiger partial charge >= 0.3 is 0 Å². The van der Waals surface area contributed by atoms with Gasteiger partial charge in [-0.3, -0.25) is 9.69 Å². The zero-order valence-electron chi connectivity index (χ0n) is 14.5. The second kappa shape index (κ2) is 5.58. The molecular formula is C19H19N5O. The maximum atomic E-state index is 13.1. The van der Waals surface area contributed by atoms with Crippen molar-refractivity contribution in [2.24, 2.45) is 11.3 Å². The molecule has 25 heavy (non-hydrogen) atoms. The van der Waals surface area contributed by atoms with Crippen molar-refractivity contribution in [3.8, 4) is 0 Å². The van der Waals surface area contributed by atoms with Crippen LogP contribution in [0.3, 0.4) is 0 Å². The largest absolute Gasteiger partial charge is 0.281 e. The number of fused-ring (bicyclic) bond motifs is 1. The molecule has 2 aromatic rings. The summed E-state index contributed by atoms with van der Waals surface area (Å²) in [7, 11) is 0. The summed E-state index contributed by atoms with van der Waals surface area (Å²) in [4.78, 5) is 31.5. The Hall–Kier alpha value is -2.89. The Balaban J connectivity index is 1.80. The highest BCUT2D eigenvalue weighted by Gasteiger charge is 2.51. The molecule has 4 rings (SSSR count). The number of carbonyl (C=O) groups excluding carboxylic acids is 1. The Bertz CT molecular complexity index is 884. The Labute approximate surface area is 146 Å². The average molecular weight is 333 g/mol. The maximum absolute atomic E-state index is 13.1. The SMILES string of the molecule is Cc1ncc(C2=CCC3C(=C2)N(c2cncnc2)C(=O)C3(C)C)cn1. The zero-order chi connectivity index (χ0) is 17.6. The predicted molar refractivity (Wildman–Crippen MR) is 94.2 cm³/mol. The molecule has 1 aliphatic heterocycles. The summed E-state index contributed by atoms with van der Waals surface area (Å²) in [6, 6.07) is 0. The Kier molecular flexibility index (Phi) is 3.49. The zero-order valence-corrected chi connectivity index (χ0v) is 14.5. The summed E-state index contributed by atoms with van der Waals surface area (Å²) >= 11 is 0. The lowest BCUT2D eigenvalue weighted by atomic mass is 9.75. The molecule has 6 nitrogen and oxygen atoms in total. The van der Waals surface area contributed by atoms with E-state index in [1.54, 1.807) is 17.3 Å². The second-order valence-electron chi connectivity index (χ2n) is 6.99. The van der Waals surface area contributed by atoms with E-state index < -0.39 is 5.41 Å². The van der Waals surface area contributed by atoms with Crippen LogP contribution in [0.5, 0.6) is 0 Å². The lowest BCUT2D eigenvalue weighted by Crippen LogP contribution is -2.31. The van der Waals surface area contributed by atoms with Crippen LogP contribution in [0.25, 0.3) is 5.57 Å². The van der Waals surface area contributed by atoms with Crippen molar-refractivity contribution < 1.29 is 4.79 Å². The fourth-order valence-corrected chi connectivity index (χ4v) is 3.54. The molecule has 2 aromatic heterocycles. The molecule has 0 spiro atoms. The van der Waals surface area contributed by atoms with Gasteiger partial charge in [0.1, 0.15) is 12.2 Å². The van der Waals surface area contributed by atoms with Crippen LogP contribution in [0, 0.1) is 18.3 Å². The van der Waals surface area contributed by atoms with E-state index in [0.717, 1.165) is 29.1 Å². The summed E-state index contributed by atoms with van der Waals surface area (Å²) in [6.45, 7) is 5.87. The molecule has 3 heterocycles. The third-order valence-corrected chi connectivity index (χ3v) is 5.04. The van der Waals surface area contributed by atoms with E-state index in [1.165, 1.54) is 6.33 Å². The smallest absolute Gasteiger partial charge is 0.237 e. The van der Waals surface area contributed by atoms with E-state index in [1.807, 2.05) is 33.2 Å². The van der Waals surface area contributed by atoms with Gasteiger partial charge in [0, 0.05) is 29.6 Å². The normalized spacial score (nSPS) is 21.6. The molecule has 0 bridgehead atoms. The summed E-state index contributed by atoms with van der Waals surface area (Å²) in [5.41, 5.74) is 3.23. The summed E-state index contributed by atoms with van der Waals surface area (Å²) in [5.74, 6) is 0.953. The lowest BCUT2D eigenvalue weighted by Gasteiger charge is -2.25. The van der Waals surface area contributed by atoms with Crippen LogP contribution in [0.15, 0.2) is 49.0 Å². The molecule has 1 atom stereocenters. The van der Waals surface area contributed by atoms with Crippen molar-refractivity contribution in [2.45, 2.75) is 27.2 Å². The molecular weight excluding hydrogens is 314 g/mol. The van der Waals surface area contributed by atoms with E-state index in [4.69, 9.17) is 0 Å². The molecule has 0 N–H and O–H groups in total. The molecule has 0 aromatic carbocycles. The standard InChI is InChI=1S/C19H19N5O/c1-12-22-7-14(8-23-12)13-4-5-16-17(6-13)24(18(25)19(16,2)3)15-9-20-11-21-10-15/h4,6-11,16H,5H2,1-3H3. The number of nitrogens with zero attached hydrogens (tertiary/aromatic N) is 5. The van der Waals surface area contributed by atoms with Crippen LogP contribution in [0.2, 0.25) is 0 Å². The van der Waals surface area contributed by atoms with E-state index in [2.05, 4.69) is 32.1 Å². The molecule has 1 unspecified atom stereocenters. The number of allylic oxidation sites excluding steroid dienone is 4. The highest BCUT2D eigenvalue weighted by Crippen LogP contribution is 2.50. The van der Waals surface area contributed by atoms with Gasteiger partial charge in [0.2, 0.25) is 5.91 Å². The fourth-order valence-electron chi connectivity index (χ4n) is 3.54. The Morgan fingerprint density at radius 3 is 2.48 bits per heavy atom. The van der Waals surface area contributed by atoms with E-state index in [9.17, 15) is 4.79 Å². The Morgan fingerprint density at radius 2 is 1.80 bits per heavy atom. The number of hydrogen-bond donors (Lipinski definition) is 0. The van der Waals surface area contributed by atoms with Gasteiger partial charge in [0.15, 0.2) is 0 Å². The first-order valence-corrected chi connectivity index (χ1v) is 8.29. The molecule has 1 saturated heterocycles. The number of aromatic nitrogens is 4. The number of anilines is 1. The van der Waals surface area contributed by atoms with Crippen molar-refractivity contribution in [2.75, 3.05) is 4.90 Å². The highest BCUT2D eigenvalue weighted by molar-refractivity contribution is 6.04. The van der Waals surface area contributed by atoms with Gasteiger partial charge in [0.05, 0.1) is 23.5 Å². The van der Waals surface area contributed by atoms with Gasteiger partial charge in [-0.1, -0.05) is 19.9 Å². The van der Waals surface area contributed by atoms with Crippen LogP contribution < -0.4 is 4.90 Å². The molecule has 0 saturated carbocycles. The molecule has 2 aliphatic rings. The van der Waals surface area contributed by atoms with Gasteiger partial charge < -0.3 is 0 Å². The number of amides is 1. The molecule has 6 heteroatoms. The van der Waals surface area contributed by atoms with Gasteiger partial charge in [0.25, 0.3) is 0 Å². The third-order valence-electron chi connectivity index (χ3n) is 5.04. The summed E-state index contributed by atoms with van der Waals surface area (Å²) in [5, 5.41) is 0. The summed E-state index contributed by atoms with van der Waals surface area (Å²) in [6.07, 6.45) is 13.5. The van der Waals surface area contributed by atoms with E-state index >= 15 is 0 Å². The monoisotopic (exact) mass is 333 g/mol. The highest BCUT2D eigenvalue weighted by atomic mass is 16.2. The molecule has 126 valence electrons. The minimum atomic E-state index is -0.465. The fraction of sp³-hybridized carbons (Fsp3) is 0.316. The third kappa shape index (κ3) is 2.45. The number of rotatable bonds is 2. The predicted octanol–water partition coefficient (Wildman–Crippen LogP) is 2.94. The Morgan fingerprint density at radius 1 is 1.12 bits per heavy atom. The van der Waals surface area contributed by atoms with Gasteiger partial charge in [-0.2, -0.15) is 0 Å². The van der Waals surface area contributed by atoms with Crippen molar-refractivity contribution >= 4 is 17.2 Å². The number of hydrogen-bond acceptors (Lipinski definition) is 5. The van der Waals surface area contributed by atoms with Crippen molar-refractivity contribution in [1.29, 1.82) is 0 Å². The molecule has 1 aliphatic carbocycles. The first kappa shape index (κ1) is 15.6. The van der Waals surface area contributed by atoms with E-state index in [0.29, 0.717) is 5.69 Å². The minimum absolute atomic E-state index is 0.0772. The van der Waals surface area contributed by atoms with Gasteiger partial charge in [-0.15, -0.1) is 0 Å². The van der Waals surface area contributed by atoms with E-state index in [-0.39, 0.29) is 11.8 Å². The first-order valence-electron chi connectivity index (χ1n) is 8.29.